The van der Waals surface area contributed by atoms with Crippen LogP contribution in [0.2, 0.25) is 0 Å². The van der Waals surface area contributed by atoms with Gasteiger partial charge in [-0.3, -0.25) is 10.00 Å². The van der Waals surface area contributed by atoms with E-state index in [0.717, 1.165) is 12.5 Å². The molecule has 2 aromatic heterocycles. The predicted octanol–water partition coefficient (Wildman–Crippen LogP) is 1.78. The van der Waals surface area contributed by atoms with Gasteiger partial charge in [-0.1, -0.05) is 5.92 Å². The van der Waals surface area contributed by atoms with Gasteiger partial charge < -0.3 is 19.5 Å². The average Bonchev–Trinajstić information content (AvgIpc) is 3.56. The third kappa shape index (κ3) is 4.49. The molecule has 0 radical (unpaired) electrons. The summed E-state index contributed by atoms with van der Waals surface area (Å²) in [7, 11) is 4.83. The van der Waals surface area contributed by atoms with Gasteiger partial charge in [0.05, 0.1) is 27.4 Å². The Morgan fingerprint density at radius 3 is 2.80 bits per heavy atom. The van der Waals surface area contributed by atoms with Crippen molar-refractivity contribution >= 4 is 11.8 Å². The highest BCUT2D eigenvalue weighted by Gasteiger charge is 2.69. The van der Waals surface area contributed by atoms with Gasteiger partial charge in [-0.15, -0.1) is 0 Å². The van der Waals surface area contributed by atoms with Crippen LogP contribution in [0.3, 0.4) is 0 Å². The second kappa shape index (κ2) is 8.24. The lowest BCUT2D eigenvalue weighted by Crippen LogP contribution is -2.32. The Labute approximate surface area is 175 Å². The van der Waals surface area contributed by atoms with Crippen molar-refractivity contribution in [3.05, 3.63) is 29.6 Å². The number of pyridine rings is 1. The molecular weight excluding hydrogens is 386 g/mol. The largest absolute Gasteiger partial charge is 0.491 e. The van der Waals surface area contributed by atoms with Crippen molar-refractivity contribution in [2.24, 2.45) is 18.4 Å². The summed E-state index contributed by atoms with van der Waals surface area (Å²) in [5.74, 6) is 8.27. The molecular formula is C21H25N5O4. The van der Waals surface area contributed by atoms with Crippen LogP contribution in [0.15, 0.2) is 18.3 Å². The van der Waals surface area contributed by atoms with Crippen LogP contribution in [0.4, 0.5) is 10.6 Å². The van der Waals surface area contributed by atoms with Crippen LogP contribution in [-0.4, -0.2) is 54.8 Å². The molecule has 9 nitrogen and oxygen atoms in total. The second-order valence-corrected chi connectivity index (χ2v) is 7.62. The lowest BCUT2D eigenvalue weighted by Gasteiger charge is -2.07. The Balaban J connectivity index is 1.27. The molecule has 2 aliphatic carbocycles. The van der Waals surface area contributed by atoms with Crippen LogP contribution in [-0.2, 0) is 11.8 Å². The highest BCUT2D eigenvalue weighted by Crippen LogP contribution is 2.75. The number of carbonyl (C=O) groups excluding carboxylic acids is 1. The number of anilines is 1. The van der Waals surface area contributed by atoms with Crippen molar-refractivity contribution in [3.63, 3.8) is 0 Å². The summed E-state index contributed by atoms with van der Waals surface area (Å²) in [6.07, 6.45) is 4.23. The number of hydrogen-bond acceptors (Lipinski definition) is 6. The number of methoxy groups -OCH3 is 2. The zero-order valence-corrected chi connectivity index (χ0v) is 17.3. The summed E-state index contributed by atoms with van der Waals surface area (Å²) in [4.78, 5) is 16.2. The number of hydrogen-bond donors (Lipinski definition) is 2. The molecule has 0 aliphatic heterocycles. The smallest absolute Gasteiger partial charge is 0.320 e. The predicted molar refractivity (Wildman–Crippen MR) is 110 cm³/mol. The van der Waals surface area contributed by atoms with Crippen LogP contribution in [0.25, 0.3) is 0 Å². The molecule has 0 saturated heterocycles. The molecule has 2 aromatic rings. The molecule has 9 heteroatoms. The van der Waals surface area contributed by atoms with E-state index in [9.17, 15) is 4.79 Å². The van der Waals surface area contributed by atoms with Crippen LogP contribution in [0.1, 0.15) is 24.1 Å². The van der Waals surface area contributed by atoms with Gasteiger partial charge in [0.25, 0.3) is 5.88 Å². The number of aromatic nitrogens is 3. The fourth-order valence-corrected chi connectivity index (χ4v) is 3.29. The summed E-state index contributed by atoms with van der Waals surface area (Å²) in [6, 6.07) is 3.13. The topological polar surface area (TPSA) is 99.5 Å². The van der Waals surface area contributed by atoms with Gasteiger partial charge in [0, 0.05) is 37.5 Å². The fraction of sp³-hybridized carbons (Fsp3) is 0.476. The van der Waals surface area contributed by atoms with Crippen molar-refractivity contribution in [3.8, 4) is 23.5 Å². The summed E-state index contributed by atoms with van der Waals surface area (Å²) >= 11 is 0. The first-order valence-corrected chi connectivity index (χ1v) is 9.80. The third-order valence-corrected chi connectivity index (χ3v) is 5.46. The first kappa shape index (κ1) is 20.0. The number of amides is 2. The number of fused-ring (bicyclic) bond motifs is 1. The van der Waals surface area contributed by atoms with Crippen molar-refractivity contribution in [1.82, 2.24) is 20.1 Å². The number of urea groups is 1. The number of nitrogens with zero attached hydrogens (tertiary/aromatic N) is 3. The van der Waals surface area contributed by atoms with E-state index in [4.69, 9.17) is 14.2 Å². The minimum absolute atomic E-state index is 0.325. The molecule has 2 aliphatic rings. The Morgan fingerprint density at radius 1 is 1.30 bits per heavy atom. The summed E-state index contributed by atoms with van der Waals surface area (Å²) in [6.45, 7) is 1.79. The molecule has 0 bridgehead atoms. The van der Waals surface area contributed by atoms with E-state index < -0.39 is 0 Å². The van der Waals surface area contributed by atoms with Crippen LogP contribution < -0.4 is 20.1 Å². The fourth-order valence-electron chi connectivity index (χ4n) is 3.29. The number of carbonyl (C=O) groups is 1. The molecule has 0 aromatic carbocycles. The normalized spacial score (nSPS) is 20.4. The lowest BCUT2D eigenvalue weighted by molar-refractivity contribution is 0.112. The Hall–Kier alpha value is -3.25. The zero-order valence-electron chi connectivity index (χ0n) is 17.3. The standard InChI is InChI=1S/C21H25N5O4/c1-26-16(5-4-14-8-17(28-2)19(29-3)23-12-14)9-18(25-26)24-20(27)22-6-7-30-13-21-10-15(21)11-21/h8-9,12,15H,6-7,10-11,13H2,1-3H3,(H2,22,24,25,27). The molecule has 2 saturated carbocycles. The molecule has 0 spiro atoms. The van der Waals surface area contributed by atoms with Gasteiger partial charge in [0.1, 0.15) is 5.69 Å². The van der Waals surface area contributed by atoms with E-state index in [1.807, 2.05) is 0 Å². The van der Waals surface area contributed by atoms with Gasteiger partial charge >= 0.3 is 6.03 Å². The SMILES string of the molecule is COc1cc(C#Cc2cc(NC(=O)NCCOCC34CC3C4)nn2C)cnc1OC. The average molecular weight is 411 g/mol. The van der Waals surface area contributed by atoms with Crippen molar-refractivity contribution in [2.45, 2.75) is 12.8 Å². The molecule has 2 N–H and O–H groups in total. The van der Waals surface area contributed by atoms with Crippen LogP contribution in [0.5, 0.6) is 11.6 Å². The molecule has 0 atom stereocenters. The van der Waals surface area contributed by atoms with Gasteiger partial charge in [0.2, 0.25) is 0 Å². The highest BCUT2D eigenvalue weighted by molar-refractivity contribution is 5.88. The van der Waals surface area contributed by atoms with E-state index in [1.165, 1.54) is 20.0 Å². The lowest BCUT2D eigenvalue weighted by atomic mass is 10.2. The van der Waals surface area contributed by atoms with Crippen molar-refractivity contribution < 1.29 is 19.0 Å². The first-order chi connectivity index (χ1) is 14.5. The number of aryl methyl sites for hydroxylation is 1. The van der Waals surface area contributed by atoms with E-state index in [1.54, 1.807) is 37.2 Å². The quantitative estimate of drug-likeness (QED) is 0.507. The minimum Gasteiger partial charge on any atom is -0.491 e. The van der Waals surface area contributed by atoms with Gasteiger partial charge in [0.15, 0.2) is 11.6 Å². The van der Waals surface area contributed by atoms with Gasteiger partial charge in [-0.05, 0) is 30.1 Å². The maximum absolute atomic E-state index is 12.0. The van der Waals surface area contributed by atoms with Gasteiger partial charge in [-0.2, -0.15) is 5.10 Å². The van der Waals surface area contributed by atoms with Crippen LogP contribution in [0, 0.1) is 23.2 Å². The molecule has 2 heterocycles. The molecule has 2 amide bonds. The maximum atomic E-state index is 12.0. The molecule has 4 rings (SSSR count). The summed E-state index contributed by atoms with van der Waals surface area (Å²) < 4.78 is 17.6. The minimum atomic E-state index is -0.325. The van der Waals surface area contributed by atoms with Crippen molar-refractivity contribution in [2.75, 3.05) is 39.3 Å². The Kier molecular flexibility index (Phi) is 5.50. The Morgan fingerprint density at radius 2 is 2.10 bits per heavy atom. The second-order valence-electron chi connectivity index (χ2n) is 7.62. The van der Waals surface area contributed by atoms with Crippen LogP contribution >= 0.6 is 0 Å². The maximum Gasteiger partial charge on any atom is 0.320 e. The number of rotatable bonds is 8. The molecule has 158 valence electrons. The number of nitrogens with one attached hydrogen (secondary N) is 2. The molecule has 30 heavy (non-hydrogen) atoms. The zero-order chi connectivity index (χ0) is 21.1. The Bertz CT molecular complexity index is 1000. The summed E-state index contributed by atoms with van der Waals surface area (Å²) in [5, 5.41) is 9.74. The molecule has 0 unspecified atom stereocenters. The third-order valence-electron chi connectivity index (χ3n) is 5.46. The first-order valence-electron chi connectivity index (χ1n) is 9.80. The highest BCUT2D eigenvalue weighted by atomic mass is 16.5. The molecule has 2 fully saturated rings. The number of ether oxygens (including phenoxy) is 3. The van der Waals surface area contributed by atoms with Gasteiger partial charge in [-0.25, -0.2) is 9.78 Å². The van der Waals surface area contributed by atoms with E-state index in [2.05, 4.69) is 32.6 Å². The van der Waals surface area contributed by atoms with E-state index >= 15 is 0 Å². The van der Waals surface area contributed by atoms with E-state index in [-0.39, 0.29) is 6.03 Å². The monoisotopic (exact) mass is 411 g/mol. The summed E-state index contributed by atoms with van der Waals surface area (Å²) in [5.41, 5.74) is 1.83. The van der Waals surface area contributed by atoms with Crippen molar-refractivity contribution in [1.29, 1.82) is 0 Å². The van der Waals surface area contributed by atoms with E-state index in [0.29, 0.717) is 47.3 Å².